The Morgan fingerprint density at radius 3 is 3.15 bits per heavy atom. The van der Waals surface area contributed by atoms with Crippen LogP contribution in [0.3, 0.4) is 0 Å². The SMILES string of the molecule is CNCc1cccn2c(Cl)nnc12. The van der Waals surface area contributed by atoms with Gasteiger partial charge in [0.15, 0.2) is 5.65 Å². The van der Waals surface area contributed by atoms with Gasteiger partial charge < -0.3 is 5.32 Å². The molecule has 0 amide bonds. The highest BCUT2D eigenvalue weighted by Gasteiger charge is 2.05. The number of rotatable bonds is 2. The summed E-state index contributed by atoms with van der Waals surface area (Å²) >= 11 is 5.81. The smallest absolute Gasteiger partial charge is 0.229 e. The molecule has 68 valence electrons. The second-order valence-corrected chi connectivity index (χ2v) is 3.06. The van der Waals surface area contributed by atoms with Crippen LogP contribution in [0.5, 0.6) is 0 Å². The number of hydrogen-bond donors (Lipinski definition) is 1. The molecular formula is C8H9ClN4. The molecule has 0 fully saturated rings. The van der Waals surface area contributed by atoms with Gasteiger partial charge in [0, 0.05) is 18.3 Å². The third-order valence-corrected chi connectivity index (χ3v) is 2.10. The Bertz CT molecular complexity index is 423. The molecule has 2 rings (SSSR count). The minimum atomic E-state index is 0.396. The summed E-state index contributed by atoms with van der Waals surface area (Å²) in [4.78, 5) is 0. The molecule has 0 saturated carbocycles. The highest BCUT2D eigenvalue weighted by Crippen LogP contribution is 2.12. The fraction of sp³-hybridized carbons (Fsp3) is 0.250. The molecule has 0 aliphatic carbocycles. The van der Waals surface area contributed by atoms with Gasteiger partial charge in [-0.3, -0.25) is 4.40 Å². The highest BCUT2D eigenvalue weighted by atomic mass is 35.5. The molecule has 0 atom stereocenters. The van der Waals surface area contributed by atoms with Crippen molar-refractivity contribution in [1.82, 2.24) is 19.9 Å². The van der Waals surface area contributed by atoms with E-state index in [1.165, 1.54) is 0 Å². The van der Waals surface area contributed by atoms with Crippen LogP contribution < -0.4 is 5.32 Å². The molecule has 0 radical (unpaired) electrons. The van der Waals surface area contributed by atoms with E-state index in [4.69, 9.17) is 11.6 Å². The zero-order valence-corrected chi connectivity index (χ0v) is 7.91. The summed E-state index contributed by atoms with van der Waals surface area (Å²) in [6.45, 7) is 0.763. The molecule has 0 unspecified atom stereocenters. The van der Waals surface area contributed by atoms with Gasteiger partial charge in [0.25, 0.3) is 0 Å². The van der Waals surface area contributed by atoms with Crippen molar-refractivity contribution in [2.45, 2.75) is 6.54 Å². The second kappa shape index (κ2) is 3.32. The number of aromatic nitrogens is 3. The molecule has 5 heteroatoms. The van der Waals surface area contributed by atoms with Crippen LogP contribution >= 0.6 is 11.6 Å². The summed E-state index contributed by atoms with van der Waals surface area (Å²) < 4.78 is 1.76. The van der Waals surface area contributed by atoms with Gasteiger partial charge in [-0.1, -0.05) is 6.07 Å². The van der Waals surface area contributed by atoms with Gasteiger partial charge >= 0.3 is 0 Å². The molecule has 4 nitrogen and oxygen atoms in total. The predicted octanol–water partition coefficient (Wildman–Crippen LogP) is 1.10. The van der Waals surface area contributed by atoms with Crippen LogP contribution in [-0.4, -0.2) is 21.6 Å². The first kappa shape index (κ1) is 8.47. The lowest BCUT2D eigenvalue weighted by Gasteiger charge is -2.00. The number of nitrogens with zero attached hydrogens (tertiary/aromatic N) is 3. The Labute approximate surface area is 80.5 Å². The topological polar surface area (TPSA) is 42.2 Å². The quantitative estimate of drug-likeness (QED) is 0.782. The maximum atomic E-state index is 5.81. The summed E-state index contributed by atoms with van der Waals surface area (Å²) in [6, 6.07) is 3.92. The van der Waals surface area contributed by atoms with Crippen molar-refractivity contribution in [3.8, 4) is 0 Å². The summed E-state index contributed by atoms with van der Waals surface area (Å²) in [5.74, 6) is 0. The van der Waals surface area contributed by atoms with Gasteiger partial charge in [-0.15, -0.1) is 10.2 Å². The Morgan fingerprint density at radius 2 is 2.38 bits per heavy atom. The normalized spacial score (nSPS) is 10.9. The van der Waals surface area contributed by atoms with Crippen molar-refractivity contribution >= 4 is 17.2 Å². The molecule has 2 aromatic rings. The standard InChI is InChI=1S/C8H9ClN4/c1-10-5-6-3-2-4-13-7(6)11-12-8(13)9/h2-4,10H,5H2,1H3. The maximum Gasteiger partial charge on any atom is 0.229 e. The van der Waals surface area contributed by atoms with E-state index in [9.17, 15) is 0 Å². The minimum Gasteiger partial charge on any atom is -0.316 e. The molecule has 2 heterocycles. The summed E-state index contributed by atoms with van der Waals surface area (Å²) in [5, 5.41) is 11.2. The van der Waals surface area contributed by atoms with Crippen molar-refractivity contribution in [2.24, 2.45) is 0 Å². The summed E-state index contributed by atoms with van der Waals surface area (Å²) in [7, 11) is 1.89. The molecular weight excluding hydrogens is 188 g/mol. The van der Waals surface area contributed by atoms with Gasteiger partial charge in [-0.2, -0.15) is 0 Å². The monoisotopic (exact) mass is 196 g/mol. The lowest BCUT2D eigenvalue weighted by atomic mass is 10.3. The van der Waals surface area contributed by atoms with Gasteiger partial charge in [-0.05, 0) is 24.7 Å². The summed E-state index contributed by atoms with van der Waals surface area (Å²) in [6.07, 6.45) is 1.84. The van der Waals surface area contributed by atoms with E-state index >= 15 is 0 Å². The highest BCUT2D eigenvalue weighted by molar-refractivity contribution is 6.28. The van der Waals surface area contributed by atoms with Crippen LogP contribution in [0.1, 0.15) is 5.56 Å². The van der Waals surface area contributed by atoms with E-state index in [1.807, 2.05) is 25.4 Å². The van der Waals surface area contributed by atoms with Gasteiger partial charge in [0.2, 0.25) is 5.28 Å². The number of pyridine rings is 1. The largest absolute Gasteiger partial charge is 0.316 e. The second-order valence-electron chi connectivity index (χ2n) is 2.73. The molecule has 2 aromatic heterocycles. The zero-order chi connectivity index (χ0) is 9.26. The minimum absolute atomic E-state index is 0.396. The van der Waals surface area contributed by atoms with Crippen molar-refractivity contribution < 1.29 is 0 Å². The Hall–Kier alpha value is -1.13. The van der Waals surface area contributed by atoms with E-state index in [0.717, 1.165) is 17.8 Å². The molecule has 0 aliphatic heterocycles. The van der Waals surface area contributed by atoms with Gasteiger partial charge in [0.1, 0.15) is 0 Å². The number of fused-ring (bicyclic) bond motifs is 1. The first-order chi connectivity index (χ1) is 6.33. The van der Waals surface area contributed by atoms with E-state index in [0.29, 0.717) is 5.28 Å². The van der Waals surface area contributed by atoms with Gasteiger partial charge in [0.05, 0.1) is 0 Å². The van der Waals surface area contributed by atoms with Crippen LogP contribution in [0.4, 0.5) is 0 Å². The Kier molecular flexibility index (Phi) is 2.16. The van der Waals surface area contributed by atoms with Crippen molar-refractivity contribution in [3.63, 3.8) is 0 Å². The lowest BCUT2D eigenvalue weighted by molar-refractivity contribution is 0.816. The van der Waals surface area contributed by atoms with Crippen LogP contribution in [0, 0.1) is 0 Å². The van der Waals surface area contributed by atoms with E-state index in [2.05, 4.69) is 15.5 Å². The van der Waals surface area contributed by atoms with Crippen molar-refractivity contribution in [2.75, 3.05) is 7.05 Å². The molecule has 0 saturated heterocycles. The molecule has 13 heavy (non-hydrogen) atoms. The van der Waals surface area contributed by atoms with Crippen LogP contribution in [0.15, 0.2) is 18.3 Å². The fourth-order valence-corrected chi connectivity index (χ4v) is 1.45. The third kappa shape index (κ3) is 1.38. The van der Waals surface area contributed by atoms with Crippen LogP contribution in [-0.2, 0) is 6.54 Å². The average molecular weight is 197 g/mol. The molecule has 0 spiro atoms. The number of nitrogens with one attached hydrogen (secondary N) is 1. The maximum absolute atomic E-state index is 5.81. The third-order valence-electron chi connectivity index (χ3n) is 1.84. The molecule has 0 aliphatic rings. The van der Waals surface area contributed by atoms with Crippen LogP contribution in [0.25, 0.3) is 5.65 Å². The Balaban J connectivity index is 2.63. The van der Waals surface area contributed by atoms with E-state index in [-0.39, 0.29) is 0 Å². The zero-order valence-electron chi connectivity index (χ0n) is 7.16. The first-order valence-electron chi connectivity index (χ1n) is 3.95. The Morgan fingerprint density at radius 1 is 1.54 bits per heavy atom. The lowest BCUT2D eigenvalue weighted by Crippen LogP contribution is -2.06. The van der Waals surface area contributed by atoms with Crippen molar-refractivity contribution in [3.05, 3.63) is 29.2 Å². The summed E-state index contributed by atoms with van der Waals surface area (Å²) in [5.41, 5.74) is 1.89. The molecule has 0 bridgehead atoms. The van der Waals surface area contributed by atoms with Crippen molar-refractivity contribution in [1.29, 1.82) is 0 Å². The predicted molar refractivity (Wildman–Crippen MR) is 50.8 cm³/mol. The number of halogens is 1. The molecule has 1 N–H and O–H groups in total. The van der Waals surface area contributed by atoms with Gasteiger partial charge in [-0.25, -0.2) is 0 Å². The average Bonchev–Trinajstić information content (AvgIpc) is 2.50. The van der Waals surface area contributed by atoms with E-state index < -0.39 is 0 Å². The van der Waals surface area contributed by atoms with Crippen LogP contribution in [0.2, 0.25) is 5.28 Å². The van der Waals surface area contributed by atoms with E-state index in [1.54, 1.807) is 4.40 Å². The molecule has 0 aromatic carbocycles. The first-order valence-corrected chi connectivity index (χ1v) is 4.33. The fourth-order valence-electron chi connectivity index (χ4n) is 1.27. The number of hydrogen-bond acceptors (Lipinski definition) is 3.